The van der Waals surface area contributed by atoms with Crippen molar-refractivity contribution in [3.63, 3.8) is 0 Å². The molecule has 0 aliphatic carbocycles. The number of carbonyl (C=O) groups is 1. The number of aliphatic hydroxyl groups is 1. The van der Waals surface area contributed by atoms with Crippen LogP contribution in [0.5, 0.6) is 0 Å². The number of aliphatic hydroxyl groups excluding tert-OH is 1. The minimum atomic E-state index is -0.499. The zero-order chi connectivity index (χ0) is 12.1. The Hall–Kier alpha value is -0.350. The van der Waals surface area contributed by atoms with Gasteiger partial charge in [-0.3, -0.25) is 9.18 Å². The third-order valence-corrected chi connectivity index (χ3v) is 3.61. The Balaban J connectivity index is 2.54. The second kappa shape index (κ2) is 6.40. The Morgan fingerprint density at radius 2 is 2.38 bits per heavy atom. The number of likely N-dealkylation sites (tertiary alicyclic amines) is 1. The molecule has 1 heterocycles. The lowest BCUT2D eigenvalue weighted by atomic mass is 9.92. The minimum absolute atomic E-state index is 0.0973. The van der Waals surface area contributed by atoms with Crippen molar-refractivity contribution in [2.24, 2.45) is 5.92 Å². The maximum absolute atomic E-state index is 12.3. The average molecular weight is 252 g/mol. The molecule has 1 fully saturated rings. The number of rotatable bonds is 4. The van der Waals surface area contributed by atoms with E-state index in [1.807, 2.05) is 6.92 Å². The molecule has 0 unspecified atom stereocenters. The highest BCUT2D eigenvalue weighted by Gasteiger charge is 2.31. The maximum atomic E-state index is 12.3. The monoisotopic (exact) mass is 251 g/mol. The lowest BCUT2D eigenvalue weighted by molar-refractivity contribution is -0.134. The number of hydrogen-bond acceptors (Lipinski definition) is 2. The predicted molar refractivity (Wildman–Crippen MR) is 61.2 cm³/mol. The zero-order valence-electron chi connectivity index (χ0n) is 9.53. The topological polar surface area (TPSA) is 40.5 Å². The molecule has 0 aromatic heterocycles. The van der Waals surface area contributed by atoms with Gasteiger partial charge in [-0.1, -0.05) is 6.92 Å². The van der Waals surface area contributed by atoms with E-state index in [2.05, 4.69) is 0 Å². The highest BCUT2D eigenvalue weighted by atomic mass is 35.5. The summed E-state index contributed by atoms with van der Waals surface area (Å²) >= 11 is 5.88. The number of alkyl halides is 2. The molecule has 1 amide bonds. The molecule has 0 bridgehead atoms. The van der Waals surface area contributed by atoms with Gasteiger partial charge in [0, 0.05) is 19.0 Å². The van der Waals surface area contributed by atoms with Gasteiger partial charge in [-0.2, -0.15) is 0 Å². The second-order valence-electron chi connectivity index (χ2n) is 4.25. The Morgan fingerprint density at radius 3 is 2.94 bits per heavy atom. The van der Waals surface area contributed by atoms with Gasteiger partial charge in [0.1, 0.15) is 5.38 Å². The Morgan fingerprint density at radius 1 is 1.69 bits per heavy atom. The summed E-state index contributed by atoms with van der Waals surface area (Å²) in [6.45, 7) is 2.34. The molecule has 5 heteroatoms. The van der Waals surface area contributed by atoms with Gasteiger partial charge in [0.25, 0.3) is 0 Å². The molecule has 1 aliphatic rings. The highest BCUT2D eigenvalue weighted by Crippen LogP contribution is 2.22. The van der Waals surface area contributed by atoms with E-state index >= 15 is 0 Å². The van der Waals surface area contributed by atoms with Gasteiger partial charge in [-0.05, 0) is 19.3 Å². The van der Waals surface area contributed by atoms with Gasteiger partial charge in [0.15, 0.2) is 0 Å². The van der Waals surface area contributed by atoms with Crippen LogP contribution in [0.2, 0.25) is 0 Å². The van der Waals surface area contributed by atoms with Crippen LogP contribution < -0.4 is 0 Å². The van der Waals surface area contributed by atoms with Gasteiger partial charge < -0.3 is 10.0 Å². The second-order valence-corrected chi connectivity index (χ2v) is 4.78. The van der Waals surface area contributed by atoms with Crippen LogP contribution in [0.3, 0.4) is 0 Å². The minimum Gasteiger partial charge on any atom is -0.393 e. The molecule has 0 saturated carbocycles. The molecule has 0 aromatic carbocycles. The Labute approximate surface area is 101 Å². The third kappa shape index (κ3) is 3.32. The van der Waals surface area contributed by atoms with Crippen LogP contribution in [0.4, 0.5) is 4.39 Å². The normalized spacial score (nSPS) is 27.9. The molecule has 94 valence electrons. The molecule has 3 atom stereocenters. The fourth-order valence-corrected chi connectivity index (χ4v) is 2.15. The van der Waals surface area contributed by atoms with Gasteiger partial charge in [0.05, 0.1) is 12.8 Å². The van der Waals surface area contributed by atoms with Crippen molar-refractivity contribution in [3.05, 3.63) is 0 Å². The SMILES string of the molecule is CC[C@H](Cl)C(=O)N1CC[C@H](O)[C@H](CCF)C1. The maximum Gasteiger partial charge on any atom is 0.240 e. The summed E-state index contributed by atoms with van der Waals surface area (Å²) < 4.78 is 12.3. The fourth-order valence-electron chi connectivity index (χ4n) is 2.02. The van der Waals surface area contributed by atoms with E-state index in [1.165, 1.54) is 0 Å². The standard InChI is InChI=1S/C11H19ClFNO2/c1-2-9(12)11(16)14-6-4-10(15)8(7-14)3-5-13/h8-10,15H,2-7H2,1H3/t8-,9+,10+/m1/s1. The summed E-state index contributed by atoms with van der Waals surface area (Å²) in [4.78, 5) is 13.5. The predicted octanol–water partition coefficient (Wildman–Crippen LogP) is 1.57. The van der Waals surface area contributed by atoms with Crippen molar-refractivity contribution in [2.45, 2.75) is 37.7 Å². The number of halogens is 2. The number of carbonyl (C=O) groups excluding carboxylic acids is 1. The summed E-state index contributed by atoms with van der Waals surface area (Å²) in [5.74, 6) is -0.247. The summed E-state index contributed by atoms with van der Waals surface area (Å²) in [5.41, 5.74) is 0. The van der Waals surface area contributed by atoms with Crippen molar-refractivity contribution >= 4 is 17.5 Å². The summed E-state index contributed by atoms with van der Waals surface area (Å²) in [7, 11) is 0. The van der Waals surface area contributed by atoms with Crippen molar-refractivity contribution in [2.75, 3.05) is 19.8 Å². The van der Waals surface area contributed by atoms with E-state index in [0.717, 1.165) is 0 Å². The van der Waals surface area contributed by atoms with Crippen molar-refractivity contribution in [1.29, 1.82) is 0 Å². The van der Waals surface area contributed by atoms with Crippen LogP contribution in [0.15, 0.2) is 0 Å². The third-order valence-electron chi connectivity index (χ3n) is 3.11. The van der Waals surface area contributed by atoms with Crippen LogP contribution in [0.1, 0.15) is 26.2 Å². The Kier molecular flexibility index (Phi) is 5.49. The van der Waals surface area contributed by atoms with E-state index in [1.54, 1.807) is 4.90 Å². The van der Waals surface area contributed by atoms with Crippen molar-refractivity contribution < 1.29 is 14.3 Å². The number of hydrogen-bond donors (Lipinski definition) is 1. The molecular formula is C11H19ClFNO2. The summed E-state index contributed by atoms with van der Waals surface area (Å²) in [5, 5.41) is 9.16. The lowest BCUT2D eigenvalue weighted by Gasteiger charge is -2.36. The van der Waals surface area contributed by atoms with Gasteiger partial charge in [0.2, 0.25) is 5.91 Å². The van der Waals surface area contributed by atoms with Crippen LogP contribution in [-0.4, -0.2) is 47.2 Å². The smallest absolute Gasteiger partial charge is 0.240 e. The van der Waals surface area contributed by atoms with Crippen molar-refractivity contribution in [3.8, 4) is 0 Å². The molecule has 1 saturated heterocycles. The first-order chi connectivity index (χ1) is 7.60. The highest BCUT2D eigenvalue weighted by molar-refractivity contribution is 6.30. The molecule has 3 nitrogen and oxygen atoms in total. The van der Waals surface area contributed by atoms with Gasteiger partial charge in [-0.25, -0.2) is 0 Å². The molecule has 1 aliphatic heterocycles. The van der Waals surface area contributed by atoms with Gasteiger partial charge >= 0.3 is 0 Å². The molecule has 0 spiro atoms. The van der Waals surface area contributed by atoms with Crippen molar-refractivity contribution in [1.82, 2.24) is 4.90 Å². The molecule has 0 radical (unpaired) electrons. The van der Waals surface area contributed by atoms with E-state index in [9.17, 15) is 14.3 Å². The quantitative estimate of drug-likeness (QED) is 0.771. The zero-order valence-corrected chi connectivity index (χ0v) is 10.3. The van der Waals surface area contributed by atoms with E-state index in [4.69, 9.17) is 11.6 Å². The first-order valence-electron chi connectivity index (χ1n) is 5.77. The van der Waals surface area contributed by atoms with Crippen LogP contribution in [-0.2, 0) is 4.79 Å². The summed E-state index contributed by atoms with van der Waals surface area (Å²) in [6, 6.07) is 0. The Bertz CT molecular complexity index is 240. The van der Waals surface area contributed by atoms with E-state index < -0.39 is 18.2 Å². The molecule has 1 rings (SSSR count). The van der Waals surface area contributed by atoms with Crippen LogP contribution in [0, 0.1) is 5.92 Å². The van der Waals surface area contributed by atoms with E-state index in [-0.39, 0.29) is 11.8 Å². The van der Waals surface area contributed by atoms with Gasteiger partial charge in [-0.15, -0.1) is 11.6 Å². The fraction of sp³-hybridized carbons (Fsp3) is 0.909. The van der Waals surface area contributed by atoms with Crippen LogP contribution in [0.25, 0.3) is 0 Å². The average Bonchev–Trinajstić information content (AvgIpc) is 2.30. The summed E-state index contributed by atoms with van der Waals surface area (Å²) in [6.07, 6.45) is 0.927. The molecule has 16 heavy (non-hydrogen) atoms. The lowest BCUT2D eigenvalue weighted by Crippen LogP contribution is -2.48. The first-order valence-corrected chi connectivity index (χ1v) is 6.20. The van der Waals surface area contributed by atoms with Crippen LogP contribution >= 0.6 is 11.6 Å². The number of piperidine rings is 1. The number of nitrogens with zero attached hydrogens (tertiary/aromatic N) is 1. The van der Waals surface area contributed by atoms with E-state index in [0.29, 0.717) is 32.4 Å². The number of amides is 1. The molecular weight excluding hydrogens is 233 g/mol. The largest absolute Gasteiger partial charge is 0.393 e. The first kappa shape index (κ1) is 13.7. The molecule has 0 aromatic rings. The molecule has 1 N–H and O–H groups in total.